The molecule has 3 saturated heterocycles. The summed E-state index contributed by atoms with van der Waals surface area (Å²) in [6, 6.07) is 34.2. The van der Waals surface area contributed by atoms with Gasteiger partial charge in [-0.15, -0.1) is 11.3 Å². The number of rotatable bonds is 22. The molecule has 7 aromatic rings. The minimum absolute atomic E-state index is 0.0512. The fourth-order valence-corrected chi connectivity index (χ4v) is 17.0. The van der Waals surface area contributed by atoms with E-state index in [1.807, 2.05) is 170 Å². The highest BCUT2D eigenvalue weighted by atomic mass is 32.1. The summed E-state index contributed by atoms with van der Waals surface area (Å²) in [5.41, 5.74) is 15.3. The van der Waals surface area contributed by atoms with Crippen LogP contribution in [0.15, 0.2) is 151 Å². The van der Waals surface area contributed by atoms with Gasteiger partial charge in [-0.2, -0.15) is 0 Å². The summed E-state index contributed by atoms with van der Waals surface area (Å²) in [7, 11) is 3.44. The molecule has 0 spiro atoms. The number of hydrogen-bond donors (Lipinski definition) is 6. The molecule has 2 aromatic heterocycles. The molecule has 6 aliphatic heterocycles. The van der Waals surface area contributed by atoms with E-state index in [1.165, 1.54) is 50.3 Å². The lowest BCUT2D eigenvalue weighted by atomic mass is 10.00. The van der Waals surface area contributed by atoms with E-state index in [4.69, 9.17) is 4.74 Å². The second-order valence-corrected chi connectivity index (χ2v) is 32.0. The molecular weight excluding hydrogens is 1440 g/mol. The van der Waals surface area contributed by atoms with Crippen molar-refractivity contribution < 1.29 is 63.2 Å². The Labute approximate surface area is 657 Å². The Morgan fingerprint density at radius 3 is 1.30 bits per heavy atom. The lowest BCUT2D eigenvalue weighted by Crippen LogP contribution is -2.55. The van der Waals surface area contributed by atoms with Crippen molar-refractivity contribution >= 4 is 70.1 Å². The number of aliphatic hydroxyl groups is 3. The van der Waals surface area contributed by atoms with Crippen LogP contribution in [-0.2, 0) is 78.1 Å². The quantitative estimate of drug-likeness (QED) is 0.0372. The van der Waals surface area contributed by atoms with Gasteiger partial charge in [-0.05, 0) is 108 Å². The molecule has 26 heteroatoms. The van der Waals surface area contributed by atoms with Crippen LogP contribution in [0.5, 0.6) is 0 Å². The minimum Gasteiger partial charge on any atom is -0.499 e. The van der Waals surface area contributed by atoms with Crippen LogP contribution in [0, 0.1) is 31.6 Å². The number of hydrogen-bond acceptors (Lipinski definition) is 16. The summed E-state index contributed by atoms with van der Waals surface area (Å²) in [6.07, 6.45) is 7.00. The molecule has 1 aliphatic carbocycles. The SMILES string of the molecule is CC(C)[C@@H](C(=O)N1C[C@H](O)C[C@H]1C(=O)NCc1ccc(C2=CCCC2)cc1)N1Cc2ccccc2C1=O.COC1=CC(=O)N([C@H](C(=O)N2C[C@H](O)C[C@H]2C(=O)NCc2ccc(-c3scnc3C)cc2)C(C)C)C1.Cc1c(-c2ccc(CNC(=O)[C@@H]3C[C@@H](O)CN3C(=O)[C@H](C(C)C)N3Cc4ccccc4C3=O)cc2)ncn1C. The molecule has 14 rings (SSSR count). The third-order valence-corrected chi connectivity index (χ3v) is 23.3. The van der Waals surface area contributed by atoms with Gasteiger partial charge in [0, 0.05) is 107 Å². The largest absolute Gasteiger partial charge is 0.499 e. The zero-order valence-corrected chi connectivity index (χ0v) is 66.1. The van der Waals surface area contributed by atoms with Crippen molar-refractivity contribution in [2.24, 2.45) is 24.8 Å². The number of allylic oxidation sites excluding steroid dienone is 2. The molecule has 9 amide bonds. The van der Waals surface area contributed by atoms with Gasteiger partial charge in [-0.1, -0.05) is 157 Å². The number of imidazole rings is 1. The Morgan fingerprint density at radius 1 is 0.536 bits per heavy atom. The van der Waals surface area contributed by atoms with Crippen LogP contribution >= 0.6 is 11.3 Å². The first-order valence-electron chi connectivity index (χ1n) is 38.6. The van der Waals surface area contributed by atoms with Crippen LogP contribution in [-0.4, -0.2) is 200 Å². The maximum atomic E-state index is 13.8. The fourth-order valence-electron chi connectivity index (χ4n) is 16.2. The number of carbonyl (C=O) groups is 9. The van der Waals surface area contributed by atoms with Crippen molar-refractivity contribution in [3.8, 4) is 21.7 Å². The van der Waals surface area contributed by atoms with Gasteiger partial charge in [-0.3, -0.25) is 43.2 Å². The Kier molecular flexibility index (Phi) is 25.5. The number of thiazole rings is 1. The van der Waals surface area contributed by atoms with Gasteiger partial charge in [0.25, 0.3) is 17.7 Å². The van der Waals surface area contributed by atoms with Gasteiger partial charge >= 0.3 is 0 Å². The molecule has 0 saturated carbocycles. The predicted molar refractivity (Wildman–Crippen MR) is 423 cm³/mol. The molecule has 8 heterocycles. The van der Waals surface area contributed by atoms with Crippen LogP contribution in [0.25, 0.3) is 27.3 Å². The number of benzene rings is 5. The van der Waals surface area contributed by atoms with E-state index in [2.05, 4.69) is 44.1 Å². The van der Waals surface area contributed by atoms with Crippen molar-refractivity contribution in [3.05, 3.63) is 207 Å². The average Bonchev–Trinajstić information content (AvgIpc) is 1.64. The molecule has 5 aromatic carbocycles. The van der Waals surface area contributed by atoms with Crippen molar-refractivity contribution in [2.45, 2.75) is 181 Å². The lowest BCUT2D eigenvalue weighted by molar-refractivity contribution is -0.147. The van der Waals surface area contributed by atoms with Crippen molar-refractivity contribution in [2.75, 3.05) is 33.3 Å². The molecule has 7 aliphatic rings. The number of ether oxygens (including phenoxy) is 1. The molecule has 6 N–H and O–H groups in total. The van der Waals surface area contributed by atoms with Crippen LogP contribution in [0.4, 0.5) is 0 Å². The maximum absolute atomic E-state index is 13.8. The number of carbonyl (C=O) groups excluding carboxylic acids is 9. The number of aliphatic hydroxyl groups excluding tert-OH is 3. The first kappa shape index (κ1) is 80.8. The summed E-state index contributed by atoms with van der Waals surface area (Å²) in [5, 5.41) is 40.0. The highest BCUT2D eigenvalue weighted by molar-refractivity contribution is 7.13. The van der Waals surface area contributed by atoms with Crippen LogP contribution < -0.4 is 16.0 Å². The molecule has 3 fully saturated rings. The van der Waals surface area contributed by atoms with E-state index in [0.29, 0.717) is 49.6 Å². The van der Waals surface area contributed by atoms with E-state index < -0.39 is 54.6 Å². The van der Waals surface area contributed by atoms with Crippen molar-refractivity contribution in [1.29, 1.82) is 0 Å². The van der Waals surface area contributed by atoms with Crippen LogP contribution in [0.2, 0.25) is 0 Å². The zero-order valence-electron chi connectivity index (χ0n) is 65.2. The van der Waals surface area contributed by atoms with Gasteiger partial charge in [0.2, 0.25) is 35.4 Å². The van der Waals surface area contributed by atoms with E-state index >= 15 is 0 Å². The maximum Gasteiger partial charge on any atom is 0.255 e. The highest BCUT2D eigenvalue weighted by Gasteiger charge is 2.49. The molecular formula is C86H102N12O13S. The van der Waals surface area contributed by atoms with Gasteiger partial charge in [0.05, 0.1) is 60.1 Å². The molecule has 0 unspecified atom stereocenters. The molecule has 0 radical (unpaired) electrons. The average molecular weight is 1540 g/mol. The minimum atomic E-state index is -0.805. The number of amides is 9. The molecule has 25 nitrogen and oxygen atoms in total. The zero-order chi connectivity index (χ0) is 79.9. The number of fused-ring (bicyclic) bond motifs is 2. The molecule has 0 bridgehead atoms. The lowest BCUT2D eigenvalue weighted by Gasteiger charge is -2.35. The van der Waals surface area contributed by atoms with Gasteiger partial charge in [0.15, 0.2) is 0 Å². The van der Waals surface area contributed by atoms with Gasteiger partial charge in [0.1, 0.15) is 42.0 Å². The van der Waals surface area contributed by atoms with E-state index in [9.17, 15) is 58.5 Å². The number of likely N-dealkylation sites (tertiary alicyclic amines) is 3. The van der Waals surface area contributed by atoms with Crippen LogP contribution in [0.1, 0.15) is 146 Å². The van der Waals surface area contributed by atoms with Crippen molar-refractivity contribution in [3.63, 3.8) is 0 Å². The summed E-state index contributed by atoms with van der Waals surface area (Å²) in [5.74, 6) is -2.52. The predicted octanol–water partition coefficient (Wildman–Crippen LogP) is 8.26. The number of aromatic nitrogens is 3. The summed E-state index contributed by atoms with van der Waals surface area (Å²) in [6.45, 7) is 17.4. The molecule has 112 heavy (non-hydrogen) atoms. The first-order chi connectivity index (χ1) is 53.7. The Bertz CT molecular complexity index is 4700. The number of nitrogens with one attached hydrogen (secondary N) is 3. The number of β-amino-alcohol motifs (C(OH)–C–C–N with tert-alkyl or cyclic N) is 3. The van der Waals surface area contributed by atoms with Crippen LogP contribution in [0.3, 0.4) is 0 Å². The number of nitrogens with zero attached hydrogens (tertiary/aromatic N) is 9. The Hall–Kier alpha value is -10.7. The second-order valence-electron chi connectivity index (χ2n) is 31.1. The summed E-state index contributed by atoms with van der Waals surface area (Å²) >= 11 is 1.58. The standard InChI is InChI=1S/C30H35N5O4.C30H35N3O4.C26H32N4O5S/c1-18(2)27(35-15-22-7-5-6-8-24(22)29(35)38)30(39)34-16-23(36)13-25(34)28(37)31-14-20-9-11-21(12-10-20)26-19(3)33(4)17-32-26;1-19(2)27(33-17-23-9-5-6-10-25(23)29(33)36)30(37)32-18-24(34)15-26(32)28(35)31-16-20-11-13-22(14-12-20)21-7-3-4-8-21;1-15(2)23(30-13-20(35-4)10-22(30)32)26(34)29-12-19(31)9-21(29)25(33)27-11-17-5-7-18(8-6-17)24-16(3)28-14-36-24/h5-12,17-18,23,25,27,36H,13-16H2,1-4H3,(H,31,37);5-7,9-14,19,24,26-27,34H,3-4,8,15-18H2,1-2H3,(H,31,35);5-8,10,14-15,19,21,23,31H,9,11-13H2,1-4H3,(H,27,33)/t23-,25+,27+;24-,26+,27+;19-,21+,23+/m111/s1. The Balaban J connectivity index is 0.000000156. The van der Waals surface area contributed by atoms with Crippen molar-refractivity contribution in [1.82, 2.24) is 59.9 Å². The number of aryl methyl sites for hydroxylation is 2. The van der Waals surface area contributed by atoms with E-state index in [0.717, 1.165) is 73.7 Å². The smallest absolute Gasteiger partial charge is 0.255 e. The van der Waals surface area contributed by atoms with E-state index in [-0.39, 0.29) is 116 Å². The monoisotopic (exact) mass is 1540 g/mol. The summed E-state index contributed by atoms with van der Waals surface area (Å²) < 4.78 is 7.17. The molecule has 9 atom stereocenters. The number of methoxy groups -OCH3 is 1. The fraction of sp³-hybridized carbons (Fsp3) is 0.430. The third kappa shape index (κ3) is 17.8. The van der Waals surface area contributed by atoms with E-state index in [1.54, 1.807) is 39.6 Å². The Morgan fingerprint density at radius 2 is 0.946 bits per heavy atom. The highest BCUT2D eigenvalue weighted by Crippen LogP contribution is 2.35. The molecule has 590 valence electrons. The summed E-state index contributed by atoms with van der Waals surface area (Å²) in [4.78, 5) is 139. The topological polar surface area (TPSA) is 310 Å². The normalized spacial score (nSPS) is 20.6. The first-order valence-corrected chi connectivity index (χ1v) is 39.5. The third-order valence-electron chi connectivity index (χ3n) is 22.3. The van der Waals surface area contributed by atoms with Gasteiger partial charge in [-0.25, -0.2) is 9.97 Å². The van der Waals surface area contributed by atoms with Gasteiger partial charge < -0.3 is 70.0 Å². The second kappa shape index (κ2) is 35.4.